The number of carbonyl (C=O) groups excluding carboxylic acids is 2. The zero-order valence-electron chi connectivity index (χ0n) is 16.0. The van der Waals surface area contributed by atoms with Crippen LogP contribution in [0.5, 0.6) is 0 Å². The predicted molar refractivity (Wildman–Crippen MR) is 105 cm³/mol. The van der Waals surface area contributed by atoms with Gasteiger partial charge < -0.3 is 10.2 Å². The minimum absolute atomic E-state index is 0.0854. The maximum absolute atomic E-state index is 12.9. The van der Waals surface area contributed by atoms with Gasteiger partial charge in [-0.1, -0.05) is 20.8 Å². The standard InChI is InChI=1S/C22H25N3O2/c1-21(2)12-18-22(3,13-21)14-25(18)20(27)16-4-6-17(7-5-16)24-19(26)15-8-10-23-11-9-15/h4-11,18H,12-14H2,1-3H3,(H,24,26). The zero-order chi connectivity index (χ0) is 19.2. The Hall–Kier alpha value is -2.69. The molecule has 1 saturated heterocycles. The number of fused-ring (bicyclic) bond motifs is 1. The van der Waals surface area contributed by atoms with E-state index >= 15 is 0 Å². The summed E-state index contributed by atoms with van der Waals surface area (Å²) in [6.45, 7) is 7.72. The maximum atomic E-state index is 12.9. The molecule has 2 aromatic rings. The van der Waals surface area contributed by atoms with E-state index < -0.39 is 0 Å². The van der Waals surface area contributed by atoms with Crippen molar-refractivity contribution < 1.29 is 9.59 Å². The minimum atomic E-state index is -0.192. The fourth-order valence-electron chi connectivity index (χ4n) is 4.87. The summed E-state index contributed by atoms with van der Waals surface area (Å²) in [7, 11) is 0. The van der Waals surface area contributed by atoms with Crippen molar-refractivity contribution in [3.05, 3.63) is 59.9 Å². The van der Waals surface area contributed by atoms with Crippen LogP contribution in [0.1, 0.15) is 54.3 Å². The highest BCUT2D eigenvalue weighted by molar-refractivity contribution is 6.04. The third-order valence-corrected chi connectivity index (χ3v) is 5.93. The van der Waals surface area contributed by atoms with Gasteiger partial charge in [0.1, 0.15) is 0 Å². The number of nitrogens with zero attached hydrogens (tertiary/aromatic N) is 2. The molecule has 0 radical (unpaired) electrons. The number of likely N-dealkylation sites (tertiary alicyclic amines) is 1. The van der Waals surface area contributed by atoms with Crippen LogP contribution in [0.25, 0.3) is 0 Å². The third kappa shape index (κ3) is 3.22. The molecule has 1 saturated carbocycles. The lowest BCUT2D eigenvalue weighted by atomic mass is 9.74. The molecule has 1 aliphatic heterocycles. The van der Waals surface area contributed by atoms with E-state index in [4.69, 9.17) is 0 Å². The van der Waals surface area contributed by atoms with E-state index in [2.05, 4.69) is 31.1 Å². The van der Waals surface area contributed by atoms with Gasteiger partial charge in [-0.3, -0.25) is 14.6 Å². The van der Waals surface area contributed by atoms with Gasteiger partial charge in [0.15, 0.2) is 0 Å². The van der Waals surface area contributed by atoms with E-state index in [1.165, 1.54) is 6.42 Å². The van der Waals surface area contributed by atoms with Crippen LogP contribution in [0.3, 0.4) is 0 Å². The molecule has 27 heavy (non-hydrogen) atoms. The Morgan fingerprint density at radius 3 is 2.33 bits per heavy atom. The first kappa shape index (κ1) is 17.7. The Balaban J connectivity index is 1.42. The van der Waals surface area contributed by atoms with Gasteiger partial charge in [-0.15, -0.1) is 0 Å². The number of pyridine rings is 1. The van der Waals surface area contributed by atoms with Crippen LogP contribution in [0.2, 0.25) is 0 Å². The topological polar surface area (TPSA) is 62.3 Å². The van der Waals surface area contributed by atoms with E-state index in [1.54, 1.807) is 48.8 Å². The Kier molecular flexibility index (Phi) is 4.06. The zero-order valence-corrected chi connectivity index (χ0v) is 16.0. The summed E-state index contributed by atoms with van der Waals surface area (Å²) < 4.78 is 0. The molecule has 2 fully saturated rings. The molecule has 2 aliphatic rings. The second-order valence-corrected chi connectivity index (χ2v) is 8.92. The van der Waals surface area contributed by atoms with Crippen molar-refractivity contribution in [2.45, 2.75) is 39.7 Å². The number of hydrogen-bond acceptors (Lipinski definition) is 3. The molecule has 0 spiro atoms. The van der Waals surface area contributed by atoms with E-state index in [-0.39, 0.29) is 17.2 Å². The van der Waals surface area contributed by atoms with E-state index in [1.807, 2.05) is 4.90 Å². The quantitative estimate of drug-likeness (QED) is 0.897. The summed E-state index contributed by atoms with van der Waals surface area (Å²) >= 11 is 0. The lowest BCUT2D eigenvalue weighted by Crippen LogP contribution is -2.62. The van der Waals surface area contributed by atoms with Crippen molar-refractivity contribution in [2.75, 3.05) is 11.9 Å². The molecule has 4 rings (SSSR count). The lowest BCUT2D eigenvalue weighted by Gasteiger charge is -2.52. The second-order valence-electron chi connectivity index (χ2n) is 8.92. The molecule has 2 unspecified atom stereocenters. The lowest BCUT2D eigenvalue weighted by molar-refractivity contribution is -0.0216. The molecule has 2 amide bonds. The fraction of sp³-hybridized carbons (Fsp3) is 0.409. The van der Waals surface area contributed by atoms with Gasteiger partial charge in [-0.2, -0.15) is 0 Å². The van der Waals surface area contributed by atoms with Gasteiger partial charge >= 0.3 is 0 Å². The SMILES string of the molecule is CC1(C)CC2N(C(=O)c3ccc(NC(=O)c4ccncc4)cc3)CC2(C)C1. The Morgan fingerprint density at radius 1 is 1.04 bits per heavy atom. The van der Waals surface area contributed by atoms with Gasteiger partial charge in [0.25, 0.3) is 11.8 Å². The minimum Gasteiger partial charge on any atom is -0.334 e. The van der Waals surface area contributed by atoms with Crippen LogP contribution in [0, 0.1) is 10.8 Å². The molecule has 140 valence electrons. The van der Waals surface area contributed by atoms with E-state index in [0.717, 1.165) is 13.0 Å². The largest absolute Gasteiger partial charge is 0.334 e. The maximum Gasteiger partial charge on any atom is 0.255 e. The van der Waals surface area contributed by atoms with Gasteiger partial charge in [0.05, 0.1) is 0 Å². The average Bonchev–Trinajstić information content (AvgIpc) is 2.83. The van der Waals surface area contributed by atoms with E-state index in [9.17, 15) is 9.59 Å². The molecule has 5 nitrogen and oxygen atoms in total. The Bertz CT molecular complexity index is 876. The van der Waals surface area contributed by atoms with Crippen LogP contribution >= 0.6 is 0 Å². The number of nitrogens with one attached hydrogen (secondary N) is 1. The second kappa shape index (κ2) is 6.19. The van der Waals surface area contributed by atoms with Crippen molar-refractivity contribution in [1.29, 1.82) is 0 Å². The number of hydrogen-bond donors (Lipinski definition) is 1. The molecule has 1 aromatic carbocycles. The van der Waals surface area contributed by atoms with Crippen molar-refractivity contribution in [3.8, 4) is 0 Å². The molecule has 5 heteroatoms. The number of anilines is 1. The summed E-state index contributed by atoms with van der Waals surface area (Å²) in [4.78, 5) is 31.0. The first-order valence-corrected chi connectivity index (χ1v) is 9.40. The molecule has 2 heterocycles. The Morgan fingerprint density at radius 2 is 1.70 bits per heavy atom. The molecule has 1 aromatic heterocycles. The molecule has 1 aliphatic carbocycles. The highest BCUT2D eigenvalue weighted by Gasteiger charge is 2.59. The number of rotatable bonds is 3. The van der Waals surface area contributed by atoms with Gasteiger partial charge in [-0.25, -0.2) is 0 Å². The van der Waals surface area contributed by atoms with Crippen molar-refractivity contribution in [1.82, 2.24) is 9.88 Å². The van der Waals surface area contributed by atoms with Gasteiger partial charge in [0, 0.05) is 47.2 Å². The van der Waals surface area contributed by atoms with Gasteiger partial charge in [-0.05, 0) is 54.7 Å². The predicted octanol–water partition coefficient (Wildman–Crippen LogP) is 3.98. The molecular formula is C22H25N3O2. The summed E-state index contributed by atoms with van der Waals surface area (Å²) in [6, 6.07) is 10.8. The van der Waals surface area contributed by atoms with Crippen LogP contribution in [-0.4, -0.2) is 34.3 Å². The van der Waals surface area contributed by atoms with Crippen molar-refractivity contribution in [2.24, 2.45) is 10.8 Å². The number of amides is 2. The van der Waals surface area contributed by atoms with Crippen LogP contribution < -0.4 is 5.32 Å². The smallest absolute Gasteiger partial charge is 0.255 e. The molecule has 1 N–H and O–H groups in total. The number of carbonyl (C=O) groups is 2. The average molecular weight is 363 g/mol. The Labute approximate surface area is 159 Å². The molecular weight excluding hydrogens is 338 g/mol. The fourth-order valence-corrected chi connectivity index (χ4v) is 4.87. The first-order chi connectivity index (χ1) is 12.8. The number of aromatic nitrogens is 1. The van der Waals surface area contributed by atoms with E-state index in [0.29, 0.717) is 28.3 Å². The summed E-state index contributed by atoms with van der Waals surface area (Å²) in [5.41, 5.74) is 2.45. The number of benzene rings is 1. The van der Waals surface area contributed by atoms with Crippen LogP contribution in [0.4, 0.5) is 5.69 Å². The summed E-state index contributed by atoms with van der Waals surface area (Å²) in [5, 5.41) is 2.84. The first-order valence-electron chi connectivity index (χ1n) is 9.40. The monoisotopic (exact) mass is 363 g/mol. The normalized spacial score (nSPS) is 25.4. The summed E-state index contributed by atoms with van der Waals surface area (Å²) in [6.07, 6.45) is 5.41. The molecule has 0 bridgehead atoms. The van der Waals surface area contributed by atoms with Crippen molar-refractivity contribution in [3.63, 3.8) is 0 Å². The highest BCUT2D eigenvalue weighted by atomic mass is 16.2. The van der Waals surface area contributed by atoms with Crippen molar-refractivity contribution >= 4 is 17.5 Å². The third-order valence-electron chi connectivity index (χ3n) is 5.93. The van der Waals surface area contributed by atoms with Gasteiger partial charge in [0.2, 0.25) is 0 Å². The van der Waals surface area contributed by atoms with Crippen LogP contribution in [-0.2, 0) is 0 Å². The van der Waals surface area contributed by atoms with Crippen LogP contribution in [0.15, 0.2) is 48.8 Å². The molecule has 2 atom stereocenters. The highest BCUT2D eigenvalue weighted by Crippen LogP contribution is 2.57. The summed E-state index contributed by atoms with van der Waals surface area (Å²) in [5.74, 6) is -0.106.